The van der Waals surface area contributed by atoms with Gasteiger partial charge in [-0.2, -0.15) is 0 Å². The number of hydrogen-bond donors (Lipinski definition) is 0. The van der Waals surface area contributed by atoms with Crippen LogP contribution >= 0.6 is 22.6 Å². The zero-order valence-electron chi connectivity index (χ0n) is 6.49. The van der Waals surface area contributed by atoms with Gasteiger partial charge in [0.15, 0.2) is 14.9 Å². The fourth-order valence-corrected chi connectivity index (χ4v) is 2.19. The van der Waals surface area contributed by atoms with Crippen molar-refractivity contribution in [3.63, 3.8) is 0 Å². The van der Waals surface area contributed by atoms with Gasteiger partial charge in [0.2, 0.25) is 0 Å². The summed E-state index contributed by atoms with van der Waals surface area (Å²) in [7, 11) is -3.14. The molecular weight excluding hydrogens is 289 g/mol. The molecule has 0 aliphatic heterocycles. The Hall–Kier alpha value is -0.170. The molecular formula is C7H8INO2S. The Labute approximate surface area is 85.3 Å². The van der Waals surface area contributed by atoms with Gasteiger partial charge >= 0.3 is 0 Å². The molecule has 0 unspecified atom stereocenters. The maximum Gasteiger partial charge on any atom is 0.195 e. The van der Waals surface area contributed by atoms with E-state index in [1.54, 1.807) is 19.1 Å². The first kappa shape index (κ1) is 9.91. The van der Waals surface area contributed by atoms with E-state index in [0.29, 0.717) is 0 Å². The Bertz CT molecular complexity index is 375. The molecule has 0 saturated heterocycles. The smallest absolute Gasteiger partial charge is 0.195 e. The summed E-state index contributed by atoms with van der Waals surface area (Å²) in [6, 6.07) is 3.33. The van der Waals surface area contributed by atoms with Crippen molar-refractivity contribution in [2.45, 2.75) is 11.9 Å². The summed E-state index contributed by atoms with van der Waals surface area (Å²) in [5, 5.41) is 0.164. The number of rotatable bonds is 2. The second-order valence-electron chi connectivity index (χ2n) is 2.22. The van der Waals surface area contributed by atoms with Crippen LogP contribution in [-0.2, 0) is 9.84 Å². The fraction of sp³-hybridized carbons (Fsp3) is 0.286. The monoisotopic (exact) mass is 297 g/mol. The zero-order valence-corrected chi connectivity index (χ0v) is 9.46. The number of halogens is 1. The second-order valence-corrected chi connectivity index (χ2v) is 5.69. The van der Waals surface area contributed by atoms with Gasteiger partial charge in [0.05, 0.1) is 5.75 Å². The highest BCUT2D eigenvalue weighted by Crippen LogP contribution is 2.10. The molecule has 0 radical (unpaired) electrons. The average molecular weight is 297 g/mol. The van der Waals surface area contributed by atoms with Crippen molar-refractivity contribution < 1.29 is 8.42 Å². The van der Waals surface area contributed by atoms with Gasteiger partial charge in [-0.1, -0.05) is 6.92 Å². The van der Waals surface area contributed by atoms with Crippen molar-refractivity contribution in [2.24, 2.45) is 0 Å². The Morgan fingerprint density at radius 1 is 1.58 bits per heavy atom. The number of nitrogens with zero attached hydrogens (tertiary/aromatic N) is 1. The van der Waals surface area contributed by atoms with Crippen LogP contribution in [0.25, 0.3) is 0 Å². The van der Waals surface area contributed by atoms with Crippen molar-refractivity contribution in [1.82, 2.24) is 4.98 Å². The van der Waals surface area contributed by atoms with Gasteiger partial charge in [0.1, 0.15) is 0 Å². The number of hydrogen-bond acceptors (Lipinski definition) is 3. The third-order valence-corrected chi connectivity index (χ3v) is 3.69. The first-order valence-corrected chi connectivity index (χ1v) is 6.13. The maximum atomic E-state index is 11.3. The molecule has 3 nitrogen and oxygen atoms in total. The Balaban J connectivity index is 3.21. The van der Waals surface area contributed by atoms with E-state index in [2.05, 4.69) is 27.6 Å². The van der Waals surface area contributed by atoms with Crippen molar-refractivity contribution in [2.75, 3.05) is 5.75 Å². The number of sulfone groups is 1. The predicted molar refractivity (Wildman–Crippen MR) is 54.7 cm³/mol. The molecule has 1 rings (SSSR count). The molecule has 66 valence electrons. The molecule has 0 amide bonds. The summed E-state index contributed by atoms with van der Waals surface area (Å²) < 4.78 is 23.5. The number of pyridine rings is 1. The summed E-state index contributed by atoms with van der Waals surface area (Å²) in [5.41, 5.74) is 0. The summed E-state index contributed by atoms with van der Waals surface area (Å²) in [4.78, 5) is 3.79. The molecule has 0 N–H and O–H groups in total. The lowest BCUT2D eigenvalue weighted by atomic mass is 10.5. The Morgan fingerprint density at radius 2 is 2.25 bits per heavy atom. The standard InChI is InChI=1S/C7H8INO2S/c1-2-12(10,11)7-5-6(8)3-4-9-7/h3-5H,2H2,1H3. The molecule has 1 heterocycles. The van der Waals surface area contributed by atoms with Gasteiger partial charge in [0.25, 0.3) is 0 Å². The van der Waals surface area contributed by atoms with Gasteiger partial charge < -0.3 is 0 Å². The quantitative estimate of drug-likeness (QED) is 0.777. The lowest BCUT2D eigenvalue weighted by Gasteiger charge is -1.99. The molecule has 1 aromatic heterocycles. The lowest BCUT2D eigenvalue weighted by molar-refractivity contribution is 0.593. The van der Waals surface area contributed by atoms with E-state index in [-0.39, 0.29) is 10.8 Å². The summed E-state index contributed by atoms with van der Waals surface area (Å²) in [5.74, 6) is 0.0973. The molecule has 0 aliphatic carbocycles. The van der Waals surface area contributed by atoms with Gasteiger partial charge in [0, 0.05) is 9.77 Å². The normalized spacial score (nSPS) is 11.5. The molecule has 1 aromatic rings. The van der Waals surface area contributed by atoms with Crippen LogP contribution in [0.5, 0.6) is 0 Å². The van der Waals surface area contributed by atoms with Gasteiger partial charge in [-0.3, -0.25) is 0 Å². The molecule has 0 bridgehead atoms. The van der Waals surface area contributed by atoms with Crippen LogP contribution in [0.3, 0.4) is 0 Å². The van der Waals surface area contributed by atoms with E-state index < -0.39 is 9.84 Å². The van der Waals surface area contributed by atoms with E-state index in [0.717, 1.165) is 3.57 Å². The largest absolute Gasteiger partial charge is 0.245 e. The highest BCUT2D eigenvalue weighted by molar-refractivity contribution is 14.1. The molecule has 0 aliphatic rings. The molecule has 0 atom stereocenters. The minimum Gasteiger partial charge on any atom is -0.245 e. The van der Waals surface area contributed by atoms with Gasteiger partial charge in [-0.15, -0.1) is 0 Å². The summed E-state index contributed by atoms with van der Waals surface area (Å²) >= 11 is 2.06. The van der Waals surface area contributed by atoms with E-state index in [9.17, 15) is 8.42 Å². The van der Waals surface area contributed by atoms with Gasteiger partial charge in [-0.25, -0.2) is 13.4 Å². The zero-order chi connectivity index (χ0) is 9.19. The van der Waals surface area contributed by atoms with Crippen molar-refractivity contribution in [3.05, 3.63) is 21.9 Å². The van der Waals surface area contributed by atoms with Crippen molar-refractivity contribution in [3.8, 4) is 0 Å². The van der Waals surface area contributed by atoms with Crippen LogP contribution in [0.1, 0.15) is 6.92 Å². The van der Waals surface area contributed by atoms with Crippen LogP contribution in [0.15, 0.2) is 23.4 Å². The minimum absolute atomic E-state index is 0.0973. The topological polar surface area (TPSA) is 47.0 Å². The number of aromatic nitrogens is 1. The Kier molecular flexibility index (Phi) is 3.05. The van der Waals surface area contributed by atoms with Crippen LogP contribution in [0.2, 0.25) is 0 Å². The van der Waals surface area contributed by atoms with Crippen LogP contribution in [0, 0.1) is 3.57 Å². The SMILES string of the molecule is CCS(=O)(=O)c1cc(I)ccn1. The lowest BCUT2D eigenvalue weighted by Crippen LogP contribution is -2.05. The summed E-state index contributed by atoms with van der Waals surface area (Å²) in [6.07, 6.45) is 1.50. The van der Waals surface area contributed by atoms with Crippen LogP contribution in [-0.4, -0.2) is 19.2 Å². The molecule has 5 heteroatoms. The molecule has 0 saturated carbocycles. The highest BCUT2D eigenvalue weighted by atomic mass is 127. The average Bonchev–Trinajstić information content (AvgIpc) is 2.05. The highest BCUT2D eigenvalue weighted by Gasteiger charge is 2.12. The Morgan fingerprint density at radius 3 is 2.75 bits per heavy atom. The third kappa shape index (κ3) is 2.16. The maximum absolute atomic E-state index is 11.3. The van der Waals surface area contributed by atoms with Crippen LogP contribution < -0.4 is 0 Å². The molecule has 0 aromatic carbocycles. The van der Waals surface area contributed by atoms with Crippen molar-refractivity contribution in [1.29, 1.82) is 0 Å². The fourth-order valence-electron chi connectivity index (χ4n) is 0.703. The minimum atomic E-state index is -3.14. The molecule has 12 heavy (non-hydrogen) atoms. The van der Waals surface area contributed by atoms with E-state index in [4.69, 9.17) is 0 Å². The summed E-state index contributed by atoms with van der Waals surface area (Å²) in [6.45, 7) is 1.61. The molecule has 0 fully saturated rings. The van der Waals surface area contributed by atoms with Crippen molar-refractivity contribution >= 4 is 32.4 Å². The van der Waals surface area contributed by atoms with E-state index in [1.165, 1.54) is 6.20 Å². The second kappa shape index (κ2) is 3.69. The van der Waals surface area contributed by atoms with Gasteiger partial charge in [-0.05, 0) is 34.7 Å². The predicted octanol–water partition coefficient (Wildman–Crippen LogP) is 1.48. The van der Waals surface area contributed by atoms with E-state index in [1.807, 2.05) is 0 Å². The first-order valence-electron chi connectivity index (χ1n) is 3.40. The third-order valence-electron chi connectivity index (χ3n) is 1.40. The van der Waals surface area contributed by atoms with Crippen LogP contribution in [0.4, 0.5) is 0 Å². The van der Waals surface area contributed by atoms with E-state index >= 15 is 0 Å². The molecule has 0 spiro atoms. The first-order chi connectivity index (χ1) is 5.56.